The Hall–Kier alpha value is -1.83. The molecular weight excluding hydrogens is 309 g/mol. The lowest BCUT2D eigenvalue weighted by Crippen LogP contribution is -2.31. The van der Waals surface area contributed by atoms with Crippen LogP contribution in [-0.4, -0.2) is 26.7 Å². The molecule has 2 aromatic rings. The van der Waals surface area contributed by atoms with Crippen LogP contribution in [0.25, 0.3) is 5.65 Å². The summed E-state index contributed by atoms with van der Waals surface area (Å²) >= 11 is 5.81. The third-order valence-electron chi connectivity index (χ3n) is 2.69. The van der Waals surface area contributed by atoms with Gasteiger partial charge in [-0.3, -0.25) is 4.79 Å². The largest absolute Gasteiger partial charge is 0.471 e. The summed E-state index contributed by atoms with van der Waals surface area (Å²) in [5, 5.41) is 5.91. The fourth-order valence-corrected chi connectivity index (χ4v) is 2.00. The van der Waals surface area contributed by atoms with E-state index in [0.717, 1.165) is 0 Å². The number of fused-ring (bicyclic) bond motifs is 1. The summed E-state index contributed by atoms with van der Waals surface area (Å²) in [5.74, 6) is -2.26. The first-order chi connectivity index (χ1) is 9.50. The summed E-state index contributed by atoms with van der Waals surface area (Å²) in [6.07, 6.45) is -3.53. The van der Waals surface area contributed by atoms with E-state index in [4.69, 9.17) is 11.6 Å². The van der Waals surface area contributed by atoms with E-state index in [2.05, 4.69) is 10.1 Å². The second kappa shape index (κ2) is 4.87. The van der Waals surface area contributed by atoms with Gasteiger partial charge in [0.25, 0.3) is 0 Å². The van der Waals surface area contributed by atoms with Gasteiger partial charge in [0.2, 0.25) is 0 Å². The molecule has 0 saturated heterocycles. The van der Waals surface area contributed by atoms with Crippen LogP contribution in [0.1, 0.15) is 26.3 Å². The van der Waals surface area contributed by atoms with Crippen molar-refractivity contribution in [1.29, 1.82) is 0 Å². The number of aromatic nitrogens is 3. The summed E-state index contributed by atoms with van der Waals surface area (Å²) in [6, 6.07) is 1.45. The molecule has 0 aliphatic heterocycles. The summed E-state index contributed by atoms with van der Waals surface area (Å²) in [7, 11) is 0. The van der Waals surface area contributed by atoms with Gasteiger partial charge >= 0.3 is 12.1 Å². The number of hydrogen-bond acceptors (Lipinski definition) is 3. The Morgan fingerprint density at radius 3 is 2.48 bits per heavy atom. The van der Waals surface area contributed by atoms with E-state index >= 15 is 0 Å². The summed E-state index contributed by atoms with van der Waals surface area (Å²) in [4.78, 5) is 15.2. The Morgan fingerprint density at radius 2 is 1.95 bits per heavy atom. The molecule has 1 N–H and O–H groups in total. The van der Waals surface area contributed by atoms with Crippen molar-refractivity contribution in [3.05, 3.63) is 23.0 Å². The zero-order chi connectivity index (χ0) is 16.0. The first-order valence-electron chi connectivity index (χ1n) is 5.93. The number of nitrogens with zero attached hydrogens (tertiary/aromatic N) is 3. The maximum atomic E-state index is 12.4. The van der Waals surface area contributed by atoms with Crippen LogP contribution in [0.5, 0.6) is 0 Å². The Morgan fingerprint density at radius 1 is 1.33 bits per heavy atom. The maximum absolute atomic E-state index is 12.4. The third-order valence-corrected chi connectivity index (χ3v) is 2.90. The average molecular weight is 321 g/mol. The molecule has 0 saturated carbocycles. The van der Waals surface area contributed by atoms with Crippen LogP contribution in [0, 0.1) is 0 Å². The second-order valence-corrected chi connectivity index (χ2v) is 5.83. The number of rotatable bonds is 1. The molecule has 0 aromatic carbocycles. The highest BCUT2D eigenvalue weighted by Crippen LogP contribution is 2.33. The van der Waals surface area contributed by atoms with E-state index in [0.29, 0.717) is 11.2 Å². The smallest absolute Gasteiger partial charge is 0.301 e. The van der Waals surface area contributed by atoms with Crippen LogP contribution in [0.4, 0.5) is 19.0 Å². The Labute approximate surface area is 123 Å². The molecule has 21 heavy (non-hydrogen) atoms. The van der Waals surface area contributed by atoms with E-state index in [1.54, 1.807) is 26.1 Å². The minimum absolute atomic E-state index is 0.181. The molecule has 2 rings (SSSR count). The number of anilines is 1. The van der Waals surface area contributed by atoms with E-state index in [1.807, 2.05) is 0 Å². The molecule has 0 aliphatic rings. The van der Waals surface area contributed by atoms with Crippen LogP contribution in [0.2, 0.25) is 5.15 Å². The Balaban J connectivity index is 2.61. The quantitative estimate of drug-likeness (QED) is 0.821. The molecule has 0 radical (unpaired) electrons. The van der Waals surface area contributed by atoms with E-state index in [1.165, 1.54) is 16.8 Å². The third kappa shape index (κ3) is 3.10. The van der Waals surface area contributed by atoms with Gasteiger partial charge in [0, 0.05) is 11.8 Å². The molecular formula is C12H12ClF3N4O. The second-order valence-electron chi connectivity index (χ2n) is 5.44. The van der Waals surface area contributed by atoms with Crippen molar-refractivity contribution in [2.45, 2.75) is 32.4 Å². The number of alkyl halides is 3. The van der Waals surface area contributed by atoms with Crippen molar-refractivity contribution >= 4 is 29.0 Å². The number of amides is 1. The summed E-state index contributed by atoms with van der Waals surface area (Å²) in [5.41, 5.74) is 0.0864. The van der Waals surface area contributed by atoms with E-state index < -0.39 is 17.5 Å². The predicted octanol–water partition coefficient (Wildman–Crippen LogP) is 3.18. The van der Waals surface area contributed by atoms with Crippen molar-refractivity contribution in [2.75, 3.05) is 5.32 Å². The fourth-order valence-electron chi connectivity index (χ4n) is 1.86. The van der Waals surface area contributed by atoms with Crippen molar-refractivity contribution in [1.82, 2.24) is 14.6 Å². The highest BCUT2D eigenvalue weighted by Gasteiger charge is 2.40. The highest BCUT2D eigenvalue weighted by molar-refractivity contribution is 6.29. The van der Waals surface area contributed by atoms with Gasteiger partial charge in [0.15, 0.2) is 11.5 Å². The molecule has 5 nitrogen and oxygen atoms in total. The lowest BCUT2D eigenvalue weighted by Gasteiger charge is -2.19. The average Bonchev–Trinajstić information content (AvgIpc) is 2.64. The topological polar surface area (TPSA) is 59.3 Å². The SMILES string of the molecule is CC(C)(C)c1c(NC(=O)C(F)(F)F)nn2ccc(Cl)nc12. The van der Waals surface area contributed by atoms with Crippen molar-refractivity contribution in [3.63, 3.8) is 0 Å². The van der Waals surface area contributed by atoms with Gasteiger partial charge in [-0.1, -0.05) is 32.4 Å². The molecule has 0 bridgehead atoms. The maximum Gasteiger partial charge on any atom is 0.471 e. The number of carbonyl (C=O) groups is 1. The van der Waals surface area contributed by atoms with Crippen molar-refractivity contribution in [2.24, 2.45) is 0 Å². The molecule has 9 heteroatoms. The van der Waals surface area contributed by atoms with Crippen LogP contribution < -0.4 is 5.32 Å². The molecule has 0 atom stereocenters. The predicted molar refractivity (Wildman–Crippen MR) is 71.4 cm³/mol. The number of hydrogen-bond donors (Lipinski definition) is 1. The monoisotopic (exact) mass is 320 g/mol. The lowest BCUT2D eigenvalue weighted by molar-refractivity contribution is -0.167. The molecule has 0 spiro atoms. The lowest BCUT2D eigenvalue weighted by atomic mass is 9.88. The van der Waals surface area contributed by atoms with Crippen LogP contribution in [0.15, 0.2) is 12.3 Å². The van der Waals surface area contributed by atoms with Crippen molar-refractivity contribution in [3.8, 4) is 0 Å². The molecule has 0 unspecified atom stereocenters. The molecule has 2 heterocycles. The number of halogens is 4. The van der Waals surface area contributed by atoms with Gasteiger partial charge in [0.05, 0.1) is 0 Å². The summed E-state index contributed by atoms with van der Waals surface area (Å²) < 4.78 is 38.5. The van der Waals surface area contributed by atoms with Crippen LogP contribution in [-0.2, 0) is 10.2 Å². The van der Waals surface area contributed by atoms with Gasteiger partial charge in [-0.25, -0.2) is 9.50 Å². The van der Waals surface area contributed by atoms with E-state index in [-0.39, 0.29) is 11.0 Å². The van der Waals surface area contributed by atoms with Gasteiger partial charge in [-0.15, -0.1) is 5.10 Å². The molecule has 2 aromatic heterocycles. The molecule has 0 fully saturated rings. The minimum Gasteiger partial charge on any atom is -0.301 e. The summed E-state index contributed by atoms with van der Waals surface area (Å²) in [6.45, 7) is 5.32. The van der Waals surface area contributed by atoms with E-state index in [9.17, 15) is 18.0 Å². The zero-order valence-electron chi connectivity index (χ0n) is 11.4. The van der Waals surface area contributed by atoms with Gasteiger partial charge in [-0.05, 0) is 11.5 Å². The Kier molecular flexibility index (Phi) is 3.61. The zero-order valence-corrected chi connectivity index (χ0v) is 12.2. The fraction of sp³-hybridized carbons (Fsp3) is 0.417. The first kappa shape index (κ1) is 15.6. The molecule has 1 amide bonds. The molecule has 114 valence electrons. The van der Waals surface area contributed by atoms with Crippen molar-refractivity contribution < 1.29 is 18.0 Å². The van der Waals surface area contributed by atoms with Crippen LogP contribution in [0.3, 0.4) is 0 Å². The van der Waals surface area contributed by atoms with Gasteiger partial charge in [0.1, 0.15) is 5.15 Å². The standard InChI is InChI=1S/C12H12ClF3N4O/c1-11(2,3)7-8(18-10(21)12(14,15)16)19-20-5-4-6(13)17-9(7)20/h4-5H,1-3H3,(H,18,19,21). The Bertz CT molecular complexity index is 703. The number of nitrogens with one attached hydrogen (secondary N) is 1. The minimum atomic E-state index is -4.99. The normalized spacial score (nSPS) is 12.7. The highest BCUT2D eigenvalue weighted by atomic mass is 35.5. The van der Waals surface area contributed by atoms with Gasteiger partial charge < -0.3 is 5.32 Å². The van der Waals surface area contributed by atoms with Crippen LogP contribution >= 0.6 is 11.6 Å². The number of carbonyl (C=O) groups excluding carboxylic acids is 1. The first-order valence-corrected chi connectivity index (χ1v) is 6.31. The van der Waals surface area contributed by atoms with Gasteiger partial charge in [-0.2, -0.15) is 13.2 Å². The molecule has 0 aliphatic carbocycles.